The van der Waals surface area contributed by atoms with Crippen molar-refractivity contribution in [1.82, 2.24) is 0 Å². The summed E-state index contributed by atoms with van der Waals surface area (Å²) in [7, 11) is 0. The van der Waals surface area contributed by atoms with Gasteiger partial charge in [-0.1, -0.05) is 105 Å². The molecule has 1 aromatic carbocycles. The minimum Gasteiger partial charge on any atom is -0.371 e. The molecule has 0 aliphatic rings. The van der Waals surface area contributed by atoms with Gasteiger partial charge in [0.1, 0.15) is 6.29 Å². The molecule has 3 nitrogen and oxygen atoms in total. The van der Waals surface area contributed by atoms with Gasteiger partial charge in [0.05, 0.1) is 0 Å². The highest BCUT2D eigenvalue weighted by atomic mass is 16.1. The van der Waals surface area contributed by atoms with Crippen LogP contribution in [0.3, 0.4) is 0 Å². The highest BCUT2D eigenvalue weighted by molar-refractivity contribution is 5.80. The summed E-state index contributed by atoms with van der Waals surface area (Å²) in [4.78, 5) is 17.0. The van der Waals surface area contributed by atoms with Crippen molar-refractivity contribution in [2.75, 3.05) is 36.0 Å². The molecule has 0 fully saturated rings. The Kier molecular flexibility index (Phi) is 18.7. The summed E-state index contributed by atoms with van der Waals surface area (Å²) in [5, 5.41) is 0. The van der Waals surface area contributed by atoms with Crippen LogP contribution in [0.15, 0.2) is 18.2 Å². The van der Waals surface area contributed by atoms with E-state index in [-0.39, 0.29) is 0 Å². The third-order valence-electron chi connectivity index (χ3n) is 6.92. The third kappa shape index (κ3) is 13.4. The first-order valence-electron chi connectivity index (χ1n) is 14.8. The number of benzene rings is 1. The molecule has 0 unspecified atom stereocenters. The molecule has 0 aliphatic heterocycles. The predicted molar refractivity (Wildman–Crippen MR) is 153 cm³/mol. The maximum Gasteiger partial charge on any atom is 0.150 e. The first-order chi connectivity index (χ1) is 16.7. The minimum atomic E-state index is 0.826. The summed E-state index contributed by atoms with van der Waals surface area (Å²) in [5.41, 5.74) is 3.33. The summed E-state index contributed by atoms with van der Waals surface area (Å²) in [6.07, 6.45) is 21.5. The molecule has 0 bridgehead atoms. The summed E-state index contributed by atoms with van der Waals surface area (Å²) in [6.45, 7) is 13.5. The molecule has 0 atom stereocenters. The van der Waals surface area contributed by atoms with Crippen LogP contribution in [0.5, 0.6) is 0 Å². The number of carbonyl (C=O) groups is 1. The van der Waals surface area contributed by atoms with Crippen LogP contribution in [0.1, 0.15) is 141 Å². The van der Waals surface area contributed by atoms with Crippen molar-refractivity contribution in [3.63, 3.8) is 0 Å². The van der Waals surface area contributed by atoms with E-state index < -0.39 is 0 Å². The Bertz CT molecular complexity index is 545. The van der Waals surface area contributed by atoms with E-state index >= 15 is 0 Å². The van der Waals surface area contributed by atoms with Crippen LogP contribution in [-0.4, -0.2) is 32.5 Å². The molecule has 0 N–H and O–H groups in total. The fraction of sp³-hybridized carbons (Fsp3) is 0.774. The fourth-order valence-electron chi connectivity index (χ4n) is 4.71. The van der Waals surface area contributed by atoms with Gasteiger partial charge < -0.3 is 9.80 Å². The molecule has 0 aliphatic carbocycles. The largest absolute Gasteiger partial charge is 0.371 e. The normalized spacial score (nSPS) is 11.1. The van der Waals surface area contributed by atoms with Gasteiger partial charge >= 0.3 is 0 Å². The van der Waals surface area contributed by atoms with Crippen molar-refractivity contribution in [3.8, 4) is 0 Å². The number of aldehydes is 1. The average molecular weight is 473 g/mol. The third-order valence-corrected chi connectivity index (χ3v) is 6.92. The lowest BCUT2D eigenvalue weighted by atomic mass is 10.1. The van der Waals surface area contributed by atoms with E-state index in [0.717, 1.165) is 38.0 Å². The van der Waals surface area contributed by atoms with Crippen molar-refractivity contribution < 1.29 is 4.79 Å². The van der Waals surface area contributed by atoms with Gasteiger partial charge in [0, 0.05) is 43.1 Å². The van der Waals surface area contributed by atoms with Crippen LogP contribution in [0, 0.1) is 0 Å². The Balaban J connectivity index is 3.06. The molecular formula is C31H56N2O. The molecule has 0 saturated heterocycles. The fourth-order valence-corrected chi connectivity index (χ4v) is 4.71. The predicted octanol–water partition coefficient (Wildman–Crippen LogP) is 9.43. The maximum atomic E-state index is 11.9. The van der Waals surface area contributed by atoms with E-state index in [1.54, 1.807) is 0 Å². The van der Waals surface area contributed by atoms with Crippen LogP contribution in [0.25, 0.3) is 0 Å². The highest BCUT2D eigenvalue weighted by Gasteiger charge is 2.13. The van der Waals surface area contributed by atoms with Crippen molar-refractivity contribution in [2.24, 2.45) is 0 Å². The van der Waals surface area contributed by atoms with Gasteiger partial charge in [0.15, 0.2) is 0 Å². The number of nitrogens with zero attached hydrogens (tertiary/aromatic N) is 2. The molecule has 1 rings (SSSR count). The topological polar surface area (TPSA) is 23.6 Å². The summed E-state index contributed by atoms with van der Waals surface area (Å²) in [6, 6.07) is 6.64. The summed E-state index contributed by atoms with van der Waals surface area (Å²) >= 11 is 0. The van der Waals surface area contributed by atoms with Gasteiger partial charge in [-0.05, 0) is 43.9 Å². The second-order valence-corrected chi connectivity index (χ2v) is 10.1. The molecule has 0 heterocycles. The zero-order chi connectivity index (χ0) is 24.9. The molecule has 1 aromatic rings. The SMILES string of the molecule is CCCCCCN(CCCCCC)c1cc(C=O)cc(N(CCCCCC)CCCCCC)c1. The van der Waals surface area contributed by atoms with E-state index in [4.69, 9.17) is 0 Å². The lowest BCUT2D eigenvalue weighted by Crippen LogP contribution is -2.28. The molecule has 0 aromatic heterocycles. The number of carbonyl (C=O) groups excluding carboxylic acids is 1. The van der Waals surface area contributed by atoms with Crippen molar-refractivity contribution in [3.05, 3.63) is 23.8 Å². The Hall–Kier alpha value is -1.51. The monoisotopic (exact) mass is 472 g/mol. The molecule has 196 valence electrons. The number of hydrogen-bond donors (Lipinski definition) is 0. The number of anilines is 2. The van der Waals surface area contributed by atoms with Crippen LogP contribution in [-0.2, 0) is 0 Å². The van der Waals surface area contributed by atoms with E-state index in [1.165, 1.54) is 114 Å². The van der Waals surface area contributed by atoms with E-state index in [9.17, 15) is 4.79 Å². The Morgan fingerprint density at radius 2 is 0.824 bits per heavy atom. The maximum absolute atomic E-state index is 11.9. The lowest BCUT2D eigenvalue weighted by Gasteiger charge is -2.30. The van der Waals surface area contributed by atoms with Gasteiger partial charge in [-0.25, -0.2) is 0 Å². The number of hydrogen-bond acceptors (Lipinski definition) is 3. The molecule has 0 saturated carbocycles. The Labute approximate surface area is 212 Å². The van der Waals surface area contributed by atoms with E-state index in [0.29, 0.717) is 0 Å². The lowest BCUT2D eigenvalue weighted by molar-refractivity contribution is 0.112. The van der Waals surface area contributed by atoms with Gasteiger partial charge in [0.2, 0.25) is 0 Å². The molecule has 34 heavy (non-hydrogen) atoms. The zero-order valence-electron chi connectivity index (χ0n) is 23.3. The van der Waals surface area contributed by atoms with Crippen molar-refractivity contribution in [2.45, 2.75) is 130 Å². The molecular weight excluding hydrogens is 416 g/mol. The zero-order valence-corrected chi connectivity index (χ0v) is 23.3. The smallest absolute Gasteiger partial charge is 0.150 e. The number of rotatable bonds is 23. The Morgan fingerprint density at radius 3 is 1.09 bits per heavy atom. The average Bonchev–Trinajstić information content (AvgIpc) is 2.86. The van der Waals surface area contributed by atoms with Gasteiger partial charge in [-0.15, -0.1) is 0 Å². The highest BCUT2D eigenvalue weighted by Crippen LogP contribution is 2.27. The van der Waals surface area contributed by atoms with Gasteiger partial charge in [-0.2, -0.15) is 0 Å². The minimum absolute atomic E-state index is 0.826. The molecule has 0 spiro atoms. The Morgan fingerprint density at radius 1 is 0.500 bits per heavy atom. The van der Waals surface area contributed by atoms with Crippen LogP contribution >= 0.6 is 0 Å². The van der Waals surface area contributed by atoms with Crippen LogP contribution in [0.2, 0.25) is 0 Å². The summed E-state index contributed by atoms with van der Waals surface area (Å²) < 4.78 is 0. The second kappa shape index (κ2) is 20.8. The number of unbranched alkanes of at least 4 members (excludes halogenated alkanes) is 12. The standard InChI is InChI=1S/C31H56N2O/c1-5-9-13-17-21-32(22-18-14-10-6-2)30-25-29(28-34)26-31(27-30)33(23-19-15-11-7-3)24-20-16-12-8-4/h25-28H,5-24H2,1-4H3. The van der Waals surface area contributed by atoms with Crippen LogP contribution < -0.4 is 9.80 Å². The second-order valence-electron chi connectivity index (χ2n) is 10.1. The molecule has 0 amide bonds. The van der Waals surface area contributed by atoms with Gasteiger partial charge in [0.25, 0.3) is 0 Å². The first-order valence-corrected chi connectivity index (χ1v) is 14.8. The molecule has 0 radical (unpaired) electrons. The van der Waals surface area contributed by atoms with E-state index in [2.05, 4.69) is 55.7 Å². The summed E-state index contributed by atoms with van der Waals surface area (Å²) in [5.74, 6) is 0. The van der Waals surface area contributed by atoms with Crippen molar-refractivity contribution >= 4 is 17.7 Å². The van der Waals surface area contributed by atoms with Crippen LogP contribution in [0.4, 0.5) is 11.4 Å². The molecule has 3 heteroatoms. The van der Waals surface area contributed by atoms with Gasteiger partial charge in [-0.3, -0.25) is 4.79 Å². The van der Waals surface area contributed by atoms with Crippen molar-refractivity contribution in [1.29, 1.82) is 0 Å². The first kappa shape index (κ1) is 30.5. The van der Waals surface area contributed by atoms with E-state index in [1.807, 2.05) is 0 Å². The quantitative estimate of drug-likeness (QED) is 0.117.